The molecule has 2 rings (SSSR count). The van der Waals surface area contributed by atoms with Gasteiger partial charge in [0.15, 0.2) is 0 Å². The predicted octanol–water partition coefficient (Wildman–Crippen LogP) is 3.41. The number of hydrogen-bond donors (Lipinski definition) is 0. The lowest BCUT2D eigenvalue weighted by Gasteiger charge is -2.35. The van der Waals surface area contributed by atoms with Gasteiger partial charge in [0.25, 0.3) is 0 Å². The number of halogens is 1. The second-order valence-electron chi connectivity index (χ2n) is 5.32. The van der Waals surface area contributed by atoms with Crippen LogP contribution in [-0.4, -0.2) is 25.6 Å². The fraction of sp³-hybridized carbons (Fsp3) is 0.533. The van der Waals surface area contributed by atoms with Crippen LogP contribution in [0.3, 0.4) is 0 Å². The highest BCUT2D eigenvalue weighted by Crippen LogP contribution is 2.44. The SMILES string of the molecule is Cc1cc2c(c(C)c1Cl)C(C#N)(N(C)C)CCCO2. The second kappa shape index (κ2) is 5.03. The summed E-state index contributed by atoms with van der Waals surface area (Å²) < 4.78 is 5.84. The summed E-state index contributed by atoms with van der Waals surface area (Å²) in [6.45, 7) is 4.58. The maximum atomic E-state index is 9.78. The highest BCUT2D eigenvalue weighted by Gasteiger charge is 2.40. The number of hydrogen-bond acceptors (Lipinski definition) is 3. The maximum Gasteiger partial charge on any atom is 0.138 e. The van der Waals surface area contributed by atoms with E-state index in [1.165, 1.54) is 0 Å². The van der Waals surface area contributed by atoms with E-state index in [1.54, 1.807) is 0 Å². The minimum absolute atomic E-state index is 0.644. The van der Waals surface area contributed by atoms with Gasteiger partial charge in [-0.1, -0.05) is 11.6 Å². The molecule has 0 bridgehead atoms. The van der Waals surface area contributed by atoms with Crippen LogP contribution in [0.4, 0.5) is 0 Å². The van der Waals surface area contributed by atoms with Gasteiger partial charge in [-0.25, -0.2) is 0 Å². The zero-order chi connectivity index (χ0) is 14.2. The van der Waals surface area contributed by atoms with E-state index in [1.807, 2.05) is 38.9 Å². The first-order valence-electron chi connectivity index (χ1n) is 6.45. The Morgan fingerprint density at radius 1 is 1.42 bits per heavy atom. The summed E-state index contributed by atoms with van der Waals surface area (Å²) in [5.74, 6) is 0.798. The molecular weight excluding hydrogens is 260 g/mol. The molecule has 1 aliphatic heterocycles. The number of rotatable bonds is 1. The monoisotopic (exact) mass is 278 g/mol. The molecule has 0 radical (unpaired) electrons. The number of ether oxygens (including phenoxy) is 1. The zero-order valence-corrected chi connectivity index (χ0v) is 12.6. The smallest absolute Gasteiger partial charge is 0.138 e. The van der Waals surface area contributed by atoms with Crippen LogP contribution in [0.15, 0.2) is 6.07 Å². The van der Waals surface area contributed by atoms with Gasteiger partial charge in [0.2, 0.25) is 0 Å². The van der Waals surface area contributed by atoms with E-state index >= 15 is 0 Å². The third kappa shape index (κ3) is 2.09. The van der Waals surface area contributed by atoms with E-state index in [0.29, 0.717) is 6.61 Å². The number of aryl methyl sites for hydroxylation is 1. The van der Waals surface area contributed by atoms with Crippen molar-refractivity contribution in [1.29, 1.82) is 5.26 Å². The Kier molecular flexibility index (Phi) is 3.75. The van der Waals surface area contributed by atoms with Crippen molar-refractivity contribution in [2.75, 3.05) is 20.7 Å². The van der Waals surface area contributed by atoms with Gasteiger partial charge in [-0.05, 0) is 58.0 Å². The van der Waals surface area contributed by atoms with Gasteiger partial charge < -0.3 is 4.74 Å². The van der Waals surface area contributed by atoms with Crippen LogP contribution in [-0.2, 0) is 5.54 Å². The number of fused-ring (bicyclic) bond motifs is 1. The first kappa shape index (κ1) is 14.2. The van der Waals surface area contributed by atoms with Crippen molar-refractivity contribution in [1.82, 2.24) is 4.90 Å². The van der Waals surface area contributed by atoms with E-state index < -0.39 is 5.54 Å². The molecule has 1 aromatic carbocycles. The van der Waals surface area contributed by atoms with Crippen LogP contribution in [0.25, 0.3) is 0 Å². The van der Waals surface area contributed by atoms with Gasteiger partial charge in [-0.3, -0.25) is 4.90 Å². The summed E-state index contributed by atoms with van der Waals surface area (Å²) in [6.07, 6.45) is 1.61. The lowest BCUT2D eigenvalue weighted by Crippen LogP contribution is -2.40. The Bertz CT molecular complexity index is 548. The molecule has 0 amide bonds. The predicted molar refractivity (Wildman–Crippen MR) is 76.6 cm³/mol. The second-order valence-corrected chi connectivity index (χ2v) is 5.70. The molecule has 0 saturated carbocycles. The largest absolute Gasteiger partial charge is 0.493 e. The highest BCUT2D eigenvalue weighted by atomic mass is 35.5. The Labute approximate surface area is 119 Å². The quantitative estimate of drug-likeness (QED) is 0.790. The molecular formula is C15H19ClN2O. The molecule has 1 unspecified atom stereocenters. The topological polar surface area (TPSA) is 36.3 Å². The van der Waals surface area contributed by atoms with Crippen LogP contribution in [0, 0.1) is 25.2 Å². The van der Waals surface area contributed by atoms with Gasteiger partial charge in [-0.2, -0.15) is 5.26 Å². The fourth-order valence-corrected chi connectivity index (χ4v) is 2.99. The average molecular weight is 279 g/mol. The summed E-state index contributed by atoms with van der Waals surface area (Å²) in [7, 11) is 3.87. The lowest BCUT2D eigenvalue weighted by molar-refractivity contribution is 0.202. The Balaban J connectivity index is 2.79. The minimum Gasteiger partial charge on any atom is -0.493 e. The molecule has 19 heavy (non-hydrogen) atoms. The molecule has 1 heterocycles. The number of nitrogens with zero attached hydrogens (tertiary/aromatic N) is 2. The Hall–Kier alpha value is -1.24. The average Bonchev–Trinajstić information content (AvgIpc) is 2.56. The first-order chi connectivity index (χ1) is 8.94. The van der Waals surface area contributed by atoms with Crippen molar-refractivity contribution in [2.45, 2.75) is 32.2 Å². The molecule has 3 nitrogen and oxygen atoms in total. The molecule has 0 N–H and O–H groups in total. The molecule has 4 heteroatoms. The summed E-state index contributed by atoms with van der Waals surface area (Å²) in [6, 6.07) is 4.44. The van der Waals surface area contributed by atoms with Crippen molar-refractivity contribution in [3.8, 4) is 11.8 Å². The van der Waals surface area contributed by atoms with E-state index in [4.69, 9.17) is 16.3 Å². The van der Waals surface area contributed by atoms with Crippen LogP contribution in [0.5, 0.6) is 5.75 Å². The maximum absolute atomic E-state index is 9.78. The van der Waals surface area contributed by atoms with Crippen molar-refractivity contribution in [3.63, 3.8) is 0 Å². The van der Waals surface area contributed by atoms with Crippen LogP contribution < -0.4 is 4.74 Å². The zero-order valence-electron chi connectivity index (χ0n) is 11.9. The molecule has 0 spiro atoms. The molecule has 0 aliphatic carbocycles. The van der Waals surface area contributed by atoms with Crippen molar-refractivity contribution in [2.24, 2.45) is 0 Å². The van der Waals surface area contributed by atoms with Crippen molar-refractivity contribution < 1.29 is 4.74 Å². The van der Waals surface area contributed by atoms with E-state index in [-0.39, 0.29) is 0 Å². The number of benzene rings is 1. The van der Waals surface area contributed by atoms with Gasteiger partial charge >= 0.3 is 0 Å². The van der Waals surface area contributed by atoms with Gasteiger partial charge in [0.1, 0.15) is 11.3 Å². The summed E-state index contributed by atoms with van der Waals surface area (Å²) in [4.78, 5) is 1.97. The molecule has 0 aromatic heterocycles. The van der Waals surface area contributed by atoms with E-state index in [0.717, 1.165) is 40.3 Å². The summed E-state index contributed by atoms with van der Waals surface area (Å²) >= 11 is 6.37. The van der Waals surface area contributed by atoms with Crippen LogP contribution in [0.1, 0.15) is 29.5 Å². The molecule has 0 saturated heterocycles. The molecule has 1 atom stereocenters. The van der Waals surface area contributed by atoms with Crippen LogP contribution >= 0.6 is 11.6 Å². The van der Waals surface area contributed by atoms with Crippen molar-refractivity contribution in [3.05, 3.63) is 27.8 Å². The van der Waals surface area contributed by atoms with Gasteiger partial charge in [-0.15, -0.1) is 0 Å². The van der Waals surface area contributed by atoms with E-state index in [2.05, 4.69) is 6.07 Å². The van der Waals surface area contributed by atoms with Gasteiger partial charge in [0, 0.05) is 10.6 Å². The normalized spacial score (nSPS) is 22.4. The molecule has 102 valence electrons. The lowest BCUT2D eigenvalue weighted by atomic mass is 9.82. The molecule has 1 aromatic rings. The third-order valence-corrected chi connectivity index (χ3v) is 4.53. The van der Waals surface area contributed by atoms with Gasteiger partial charge in [0.05, 0.1) is 12.7 Å². The van der Waals surface area contributed by atoms with E-state index in [9.17, 15) is 5.26 Å². The Morgan fingerprint density at radius 2 is 2.11 bits per heavy atom. The standard InChI is InChI=1S/C15H19ClN2O/c1-10-8-12-13(11(2)14(10)16)15(9-17,18(3)4)6-5-7-19-12/h8H,5-7H2,1-4H3. The summed E-state index contributed by atoms with van der Waals surface area (Å²) in [5, 5.41) is 10.5. The third-order valence-electron chi connectivity index (χ3n) is 3.95. The van der Waals surface area contributed by atoms with Crippen LogP contribution in [0.2, 0.25) is 5.02 Å². The Morgan fingerprint density at radius 3 is 2.68 bits per heavy atom. The summed E-state index contributed by atoms with van der Waals surface area (Å²) in [5.41, 5.74) is 2.21. The fourth-order valence-electron chi connectivity index (χ4n) is 2.84. The molecule has 1 aliphatic rings. The highest BCUT2D eigenvalue weighted by molar-refractivity contribution is 6.32. The number of nitriles is 1. The first-order valence-corrected chi connectivity index (χ1v) is 6.83. The van der Waals surface area contributed by atoms with Crippen molar-refractivity contribution >= 4 is 11.6 Å². The minimum atomic E-state index is -0.659. The molecule has 0 fully saturated rings.